The zero-order valence-corrected chi connectivity index (χ0v) is 13.6. The number of nitrogens with zero attached hydrogens (tertiary/aromatic N) is 1. The second-order valence-electron chi connectivity index (χ2n) is 6.32. The van der Waals surface area contributed by atoms with Gasteiger partial charge < -0.3 is 10.7 Å². The fourth-order valence-corrected chi connectivity index (χ4v) is 2.22. The molecule has 0 unspecified atom stereocenters. The normalized spacial score (nSPS) is 11.3. The third kappa shape index (κ3) is 5.71. The molecule has 1 amide bonds. The minimum Gasteiger partial charge on any atom is -0.351 e. The molecule has 5 nitrogen and oxygen atoms in total. The Morgan fingerprint density at radius 2 is 2.10 bits per heavy atom. The van der Waals surface area contributed by atoms with Gasteiger partial charge in [0.2, 0.25) is 0 Å². The lowest BCUT2D eigenvalue weighted by Crippen LogP contribution is -2.34. The molecule has 0 aliphatic carbocycles. The van der Waals surface area contributed by atoms with Gasteiger partial charge in [0.1, 0.15) is 0 Å². The Morgan fingerprint density at radius 3 is 2.71 bits per heavy atom. The van der Waals surface area contributed by atoms with E-state index < -0.39 is 0 Å². The van der Waals surface area contributed by atoms with Crippen LogP contribution in [0.2, 0.25) is 0 Å². The Bertz CT molecular complexity index is 471. The fraction of sp³-hybridized carbons (Fsp3) is 0.625. The van der Waals surface area contributed by atoms with Crippen LogP contribution < -0.4 is 16.6 Å². The number of nitrogen functional groups attached to an aromatic ring is 1. The predicted molar refractivity (Wildman–Crippen MR) is 87.0 cm³/mol. The average molecular weight is 292 g/mol. The number of pyridine rings is 1. The third-order valence-electron chi connectivity index (χ3n) is 3.63. The minimum absolute atomic E-state index is 0.0965. The number of carbonyl (C=O) groups is 1. The number of rotatable bonds is 8. The van der Waals surface area contributed by atoms with E-state index in [1.54, 1.807) is 12.3 Å². The van der Waals surface area contributed by atoms with Crippen LogP contribution in [0.15, 0.2) is 12.3 Å². The molecule has 118 valence electrons. The van der Waals surface area contributed by atoms with Gasteiger partial charge in [0.25, 0.3) is 5.91 Å². The smallest absolute Gasteiger partial charge is 0.255 e. The summed E-state index contributed by atoms with van der Waals surface area (Å²) in [4.78, 5) is 16.4. The van der Waals surface area contributed by atoms with Gasteiger partial charge in [0.15, 0.2) is 0 Å². The number of amides is 1. The number of aryl methyl sites for hydroxylation is 1. The summed E-state index contributed by atoms with van der Waals surface area (Å²) in [5.74, 6) is 5.32. The average Bonchev–Trinajstić information content (AvgIpc) is 2.45. The second kappa shape index (κ2) is 7.98. The molecule has 1 heterocycles. The molecule has 0 aliphatic rings. The highest BCUT2D eigenvalue weighted by molar-refractivity contribution is 5.99. The summed E-state index contributed by atoms with van der Waals surface area (Å²) in [6.07, 6.45) is 6.31. The van der Waals surface area contributed by atoms with Gasteiger partial charge in [-0.2, -0.15) is 0 Å². The van der Waals surface area contributed by atoms with Gasteiger partial charge in [-0.05, 0) is 24.8 Å². The maximum Gasteiger partial charge on any atom is 0.255 e. The number of hydrogen-bond acceptors (Lipinski definition) is 4. The van der Waals surface area contributed by atoms with E-state index in [0.717, 1.165) is 12.1 Å². The summed E-state index contributed by atoms with van der Waals surface area (Å²) < 4.78 is 0. The van der Waals surface area contributed by atoms with Crippen LogP contribution in [-0.4, -0.2) is 17.4 Å². The maximum absolute atomic E-state index is 12.3. The highest BCUT2D eigenvalue weighted by Gasteiger charge is 2.20. The Hall–Kier alpha value is -1.62. The van der Waals surface area contributed by atoms with Crippen LogP contribution in [0.3, 0.4) is 0 Å². The van der Waals surface area contributed by atoms with Crippen molar-refractivity contribution in [1.29, 1.82) is 0 Å². The summed E-state index contributed by atoms with van der Waals surface area (Å²) in [6.45, 7) is 9.06. The van der Waals surface area contributed by atoms with Crippen LogP contribution in [0.4, 0.5) is 5.69 Å². The van der Waals surface area contributed by atoms with E-state index in [9.17, 15) is 4.79 Å². The predicted octanol–water partition coefficient (Wildman–Crippen LogP) is 3.01. The lowest BCUT2D eigenvalue weighted by atomic mass is 9.87. The largest absolute Gasteiger partial charge is 0.351 e. The standard InChI is InChI=1S/C16H28N4O/c1-5-6-7-8-16(3,4)11-19-15(21)13-10-18-12(2)9-14(13)20-17/h9-10H,5-8,11,17H2,1-4H3,(H,18,20)(H,19,21). The van der Waals surface area contributed by atoms with Crippen LogP contribution >= 0.6 is 0 Å². The maximum atomic E-state index is 12.3. The molecular weight excluding hydrogens is 264 g/mol. The van der Waals surface area contributed by atoms with E-state index in [1.165, 1.54) is 19.3 Å². The second-order valence-corrected chi connectivity index (χ2v) is 6.32. The van der Waals surface area contributed by atoms with E-state index >= 15 is 0 Å². The quantitative estimate of drug-likeness (QED) is 0.391. The van der Waals surface area contributed by atoms with E-state index in [2.05, 4.69) is 36.5 Å². The van der Waals surface area contributed by atoms with Crippen molar-refractivity contribution < 1.29 is 4.79 Å². The van der Waals surface area contributed by atoms with Gasteiger partial charge >= 0.3 is 0 Å². The van der Waals surface area contributed by atoms with Crippen molar-refractivity contribution in [3.05, 3.63) is 23.5 Å². The van der Waals surface area contributed by atoms with Gasteiger partial charge in [-0.1, -0.05) is 40.0 Å². The van der Waals surface area contributed by atoms with Crippen molar-refractivity contribution >= 4 is 11.6 Å². The molecule has 4 N–H and O–H groups in total. The van der Waals surface area contributed by atoms with E-state index in [1.807, 2.05) is 6.92 Å². The molecule has 0 fully saturated rings. The van der Waals surface area contributed by atoms with Crippen molar-refractivity contribution in [1.82, 2.24) is 10.3 Å². The number of nitrogens with two attached hydrogens (primary N) is 1. The lowest BCUT2D eigenvalue weighted by molar-refractivity contribution is 0.0934. The van der Waals surface area contributed by atoms with Crippen molar-refractivity contribution in [3.63, 3.8) is 0 Å². The van der Waals surface area contributed by atoms with Gasteiger partial charge in [0.05, 0.1) is 11.3 Å². The lowest BCUT2D eigenvalue weighted by Gasteiger charge is -2.25. The van der Waals surface area contributed by atoms with Crippen LogP contribution in [-0.2, 0) is 0 Å². The van der Waals surface area contributed by atoms with Crippen molar-refractivity contribution in [2.75, 3.05) is 12.0 Å². The Balaban J connectivity index is 2.61. The number of anilines is 1. The molecule has 0 bridgehead atoms. The molecule has 5 heteroatoms. The highest BCUT2D eigenvalue weighted by atomic mass is 16.1. The summed E-state index contributed by atoms with van der Waals surface area (Å²) in [6, 6.07) is 1.77. The zero-order valence-electron chi connectivity index (χ0n) is 13.6. The van der Waals surface area contributed by atoms with Crippen molar-refractivity contribution in [2.24, 2.45) is 11.3 Å². The van der Waals surface area contributed by atoms with Crippen molar-refractivity contribution in [2.45, 2.75) is 53.4 Å². The van der Waals surface area contributed by atoms with Gasteiger partial charge in [-0.3, -0.25) is 15.6 Å². The molecule has 0 aromatic carbocycles. The van der Waals surface area contributed by atoms with Crippen LogP contribution in [0, 0.1) is 12.3 Å². The molecule has 0 saturated heterocycles. The number of hydrogen-bond donors (Lipinski definition) is 3. The molecule has 0 aliphatic heterocycles. The molecular formula is C16H28N4O. The first-order valence-corrected chi connectivity index (χ1v) is 7.61. The zero-order chi connectivity index (χ0) is 15.9. The first-order valence-electron chi connectivity index (χ1n) is 7.61. The number of nitrogens with one attached hydrogen (secondary N) is 2. The summed E-state index contributed by atoms with van der Waals surface area (Å²) in [7, 11) is 0. The first kappa shape index (κ1) is 17.4. The third-order valence-corrected chi connectivity index (χ3v) is 3.63. The molecule has 21 heavy (non-hydrogen) atoms. The topological polar surface area (TPSA) is 80.0 Å². The molecule has 0 radical (unpaired) electrons. The van der Waals surface area contributed by atoms with Gasteiger partial charge in [-0.25, -0.2) is 0 Å². The Morgan fingerprint density at radius 1 is 1.38 bits per heavy atom. The van der Waals surface area contributed by atoms with E-state index in [0.29, 0.717) is 17.8 Å². The number of aromatic nitrogens is 1. The van der Waals surface area contributed by atoms with Gasteiger partial charge in [-0.15, -0.1) is 0 Å². The number of carbonyl (C=O) groups excluding carboxylic acids is 1. The summed E-state index contributed by atoms with van der Waals surface area (Å²) >= 11 is 0. The number of hydrazine groups is 1. The summed E-state index contributed by atoms with van der Waals surface area (Å²) in [5, 5.41) is 2.99. The molecule has 0 atom stereocenters. The Labute approximate surface area is 127 Å². The minimum atomic E-state index is -0.140. The molecule has 1 aromatic heterocycles. The Kier molecular flexibility index (Phi) is 6.62. The first-order chi connectivity index (χ1) is 9.89. The van der Waals surface area contributed by atoms with Crippen LogP contribution in [0.1, 0.15) is 62.5 Å². The van der Waals surface area contributed by atoms with Crippen LogP contribution in [0.5, 0.6) is 0 Å². The summed E-state index contributed by atoms with van der Waals surface area (Å²) in [5.41, 5.74) is 4.55. The van der Waals surface area contributed by atoms with E-state index in [4.69, 9.17) is 5.84 Å². The fourth-order valence-electron chi connectivity index (χ4n) is 2.22. The van der Waals surface area contributed by atoms with Gasteiger partial charge in [0, 0.05) is 18.4 Å². The molecule has 1 rings (SSSR count). The number of unbranched alkanes of at least 4 members (excludes halogenated alkanes) is 2. The van der Waals surface area contributed by atoms with E-state index in [-0.39, 0.29) is 11.3 Å². The highest BCUT2D eigenvalue weighted by Crippen LogP contribution is 2.23. The SMILES string of the molecule is CCCCCC(C)(C)CNC(=O)c1cnc(C)cc1NN. The van der Waals surface area contributed by atoms with Crippen LogP contribution in [0.25, 0.3) is 0 Å². The molecule has 1 aromatic rings. The molecule has 0 spiro atoms. The van der Waals surface area contributed by atoms with Crippen molar-refractivity contribution in [3.8, 4) is 0 Å². The molecule has 0 saturated carbocycles. The monoisotopic (exact) mass is 292 g/mol.